The van der Waals surface area contributed by atoms with E-state index in [1.165, 1.54) is 19.4 Å². The van der Waals surface area contributed by atoms with E-state index in [1.807, 2.05) is 6.08 Å². The standard InChI is InChI=1S/C8H17N3/c1-2-5-11-6-3-4-8(7-11)10-9/h2,8,10H,1,3-7,9H2/t8-/m1/s1. The van der Waals surface area contributed by atoms with Crippen LogP contribution < -0.4 is 11.3 Å². The van der Waals surface area contributed by atoms with Crippen LogP contribution in [0, 0.1) is 0 Å². The third kappa shape index (κ3) is 2.61. The molecular weight excluding hydrogens is 138 g/mol. The Morgan fingerprint density at radius 3 is 3.18 bits per heavy atom. The van der Waals surface area contributed by atoms with Crippen LogP contribution in [0.2, 0.25) is 0 Å². The van der Waals surface area contributed by atoms with Crippen LogP contribution in [0.1, 0.15) is 12.8 Å². The van der Waals surface area contributed by atoms with Gasteiger partial charge in [0.2, 0.25) is 0 Å². The molecule has 1 heterocycles. The predicted octanol–water partition coefficient (Wildman–Crippen LogP) is 0.100. The van der Waals surface area contributed by atoms with Crippen LogP contribution in [0.5, 0.6) is 0 Å². The molecule has 1 atom stereocenters. The molecule has 0 aromatic heterocycles. The van der Waals surface area contributed by atoms with Crippen LogP contribution in [0.15, 0.2) is 12.7 Å². The summed E-state index contributed by atoms with van der Waals surface area (Å²) in [5.74, 6) is 5.36. The summed E-state index contributed by atoms with van der Waals surface area (Å²) in [6.07, 6.45) is 4.38. The average Bonchev–Trinajstić information content (AvgIpc) is 2.06. The Kier molecular flexibility index (Phi) is 3.56. The lowest BCUT2D eigenvalue weighted by molar-refractivity contribution is 0.209. The van der Waals surface area contributed by atoms with Gasteiger partial charge in [-0.3, -0.25) is 16.2 Å². The first-order chi connectivity index (χ1) is 5.36. The van der Waals surface area contributed by atoms with Crippen molar-refractivity contribution in [1.82, 2.24) is 10.3 Å². The highest BCUT2D eigenvalue weighted by molar-refractivity contribution is 4.81. The molecule has 64 valence electrons. The zero-order valence-electron chi connectivity index (χ0n) is 6.92. The number of nitrogens with zero attached hydrogens (tertiary/aromatic N) is 1. The van der Waals surface area contributed by atoms with Gasteiger partial charge in [-0.15, -0.1) is 6.58 Å². The van der Waals surface area contributed by atoms with Gasteiger partial charge < -0.3 is 0 Å². The minimum atomic E-state index is 0.476. The Labute approximate surface area is 68.2 Å². The third-order valence-corrected chi connectivity index (χ3v) is 2.13. The van der Waals surface area contributed by atoms with Gasteiger partial charge in [-0.25, -0.2) is 0 Å². The van der Waals surface area contributed by atoms with Crippen LogP contribution in [0.4, 0.5) is 0 Å². The van der Waals surface area contributed by atoms with Crippen molar-refractivity contribution in [2.45, 2.75) is 18.9 Å². The first-order valence-corrected chi connectivity index (χ1v) is 4.16. The molecule has 1 rings (SSSR count). The van der Waals surface area contributed by atoms with Gasteiger partial charge in [0.25, 0.3) is 0 Å². The van der Waals surface area contributed by atoms with Gasteiger partial charge >= 0.3 is 0 Å². The molecule has 0 spiro atoms. The molecule has 3 nitrogen and oxygen atoms in total. The van der Waals surface area contributed by atoms with Crippen molar-refractivity contribution >= 4 is 0 Å². The Balaban J connectivity index is 2.27. The van der Waals surface area contributed by atoms with E-state index in [0.29, 0.717) is 6.04 Å². The Morgan fingerprint density at radius 2 is 2.55 bits per heavy atom. The summed E-state index contributed by atoms with van der Waals surface area (Å²) in [6, 6.07) is 0.476. The molecular formula is C8H17N3. The second-order valence-electron chi connectivity index (χ2n) is 3.05. The molecule has 0 unspecified atom stereocenters. The fraction of sp³-hybridized carbons (Fsp3) is 0.750. The van der Waals surface area contributed by atoms with Gasteiger partial charge in [-0.2, -0.15) is 0 Å². The molecule has 11 heavy (non-hydrogen) atoms. The van der Waals surface area contributed by atoms with Gasteiger partial charge in [-0.05, 0) is 19.4 Å². The minimum Gasteiger partial charge on any atom is -0.298 e. The van der Waals surface area contributed by atoms with E-state index < -0.39 is 0 Å². The first kappa shape index (κ1) is 8.71. The maximum absolute atomic E-state index is 5.36. The minimum absolute atomic E-state index is 0.476. The molecule has 0 saturated carbocycles. The summed E-state index contributed by atoms with van der Waals surface area (Å²) in [5, 5.41) is 0. The molecule has 0 bridgehead atoms. The molecule has 1 aliphatic heterocycles. The summed E-state index contributed by atoms with van der Waals surface area (Å²) in [6.45, 7) is 6.94. The monoisotopic (exact) mass is 155 g/mol. The lowest BCUT2D eigenvalue weighted by atomic mass is 10.1. The molecule has 0 aromatic rings. The van der Waals surface area contributed by atoms with Crippen molar-refractivity contribution < 1.29 is 0 Å². The van der Waals surface area contributed by atoms with Crippen molar-refractivity contribution in [2.75, 3.05) is 19.6 Å². The molecule has 0 radical (unpaired) electrons. The third-order valence-electron chi connectivity index (χ3n) is 2.13. The quantitative estimate of drug-likeness (QED) is 0.345. The number of hydrazine groups is 1. The summed E-state index contributed by atoms with van der Waals surface area (Å²) >= 11 is 0. The van der Waals surface area contributed by atoms with Gasteiger partial charge in [0, 0.05) is 19.1 Å². The fourth-order valence-electron chi connectivity index (χ4n) is 1.54. The van der Waals surface area contributed by atoms with Gasteiger partial charge in [0.15, 0.2) is 0 Å². The number of hydrogen-bond acceptors (Lipinski definition) is 3. The Morgan fingerprint density at radius 1 is 1.73 bits per heavy atom. The highest BCUT2D eigenvalue weighted by Crippen LogP contribution is 2.08. The van der Waals surface area contributed by atoms with E-state index in [4.69, 9.17) is 5.84 Å². The molecule has 0 aliphatic carbocycles. The highest BCUT2D eigenvalue weighted by atomic mass is 15.3. The Hall–Kier alpha value is -0.380. The topological polar surface area (TPSA) is 41.3 Å². The van der Waals surface area contributed by atoms with E-state index in [1.54, 1.807) is 0 Å². The second kappa shape index (κ2) is 4.49. The predicted molar refractivity (Wildman–Crippen MR) is 47.0 cm³/mol. The normalized spacial score (nSPS) is 26.8. The van der Waals surface area contributed by atoms with Gasteiger partial charge in [-0.1, -0.05) is 6.08 Å². The van der Waals surface area contributed by atoms with Crippen LogP contribution in [-0.2, 0) is 0 Å². The lowest BCUT2D eigenvalue weighted by Gasteiger charge is -2.31. The maximum Gasteiger partial charge on any atom is 0.0338 e. The van der Waals surface area contributed by atoms with Gasteiger partial charge in [0.05, 0.1) is 0 Å². The van der Waals surface area contributed by atoms with Gasteiger partial charge in [0.1, 0.15) is 0 Å². The van der Waals surface area contributed by atoms with Crippen molar-refractivity contribution in [3.8, 4) is 0 Å². The zero-order valence-corrected chi connectivity index (χ0v) is 6.92. The average molecular weight is 155 g/mol. The number of nitrogens with one attached hydrogen (secondary N) is 1. The van der Waals surface area contributed by atoms with Crippen molar-refractivity contribution in [1.29, 1.82) is 0 Å². The summed E-state index contributed by atoms with van der Waals surface area (Å²) < 4.78 is 0. The summed E-state index contributed by atoms with van der Waals surface area (Å²) in [5.41, 5.74) is 2.82. The van der Waals surface area contributed by atoms with Crippen molar-refractivity contribution in [2.24, 2.45) is 5.84 Å². The van der Waals surface area contributed by atoms with E-state index in [2.05, 4.69) is 16.9 Å². The summed E-state index contributed by atoms with van der Waals surface area (Å²) in [4.78, 5) is 2.36. The van der Waals surface area contributed by atoms with Crippen LogP contribution >= 0.6 is 0 Å². The van der Waals surface area contributed by atoms with Crippen LogP contribution in [-0.4, -0.2) is 30.6 Å². The van der Waals surface area contributed by atoms with E-state index in [-0.39, 0.29) is 0 Å². The van der Waals surface area contributed by atoms with E-state index in [0.717, 1.165) is 13.1 Å². The van der Waals surface area contributed by atoms with Crippen LogP contribution in [0.25, 0.3) is 0 Å². The largest absolute Gasteiger partial charge is 0.298 e. The molecule has 1 fully saturated rings. The SMILES string of the molecule is C=CCN1CCC[C@@H](NN)C1. The lowest BCUT2D eigenvalue weighted by Crippen LogP contribution is -2.48. The first-order valence-electron chi connectivity index (χ1n) is 4.16. The second-order valence-corrected chi connectivity index (χ2v) is 3.05. The molecule has 3 heteroatoms. The maximum atomic E-state index is 5.36. The molecule has 1 aliphatic rings. The Bertz CT molecular complexity index is 125. The van der Waals surface area contributed by atoms with Crippen molar-refractivity contribution in [3.05, 3.63) is 12.7 Å². The molecule has 3 N–H and O–H groups in total. The number of likely N-dealkylation sites (tertiary alicyclic amines) is 1. The molecule has 0 amide bonds. The molecule has 0 aromatic carbocycles. The van der Waals surface area contributed by atoms with Crippen LogP contribution in [0.3, 0.4) is 0 Å². The van der Waals surface area contributed by atoms with E-state index >= 15 is 0 Å². The zero-order chi connectivity index (χ0) is 8.10. The van der Waals surface area contributed by atoms with Crippen molar-refractivity contribution in [3.63, 3.8) is 0 Å². The number of nitrogens with two attached hydrogens (primary N) is 1. The number of hydrogen-bond donors (Lipinski definition) is 2. The van der Waals surface area contributed by atoms with E-state index in [9.17, 15) is 0 Å². The number of piperidine rings is 1. The highest BCUT2D eigenvalue weighted by Gasteiger charge is 2.16. The number of rotatable bonds is 3. The summed E-state index contributed by atoms with van der Waals surface area (Å²) in [7, 11) is 0. The molecule has 1 saturated heterocycles. The fourth-order valence-corrected chi connectivity index (χ4v) is 1.54. The smallest absolute Gasteiger partial charge is 0.0338 e.